The summed E-state index contributed by atoms with van der Waals surface area (Å²) in [7, 11) is 0. The Morgan fingerprint density at radius 1 is 1.24 bits per heavy atom. The highest BCUT2D eigenvalue weighted by atomic mass is 16.5. The quantitative estimate of drug-likeness (QED) is 0.777. The Balaban J connectivity index is 2.10. The van der Waals surface area contributed by atoms with Crippen LogP contribution in [0.1, 0.15) is 19.4 Å². The minimum absolute atomic E-state index is 0.111. The van der Waals surface area contributed by atoms with E-state index >= 15 is 0 Å². The van der Waals surface area contributed by atoms with Crippen molar-refractivity contribution in [2.45, 2.75) is 20.0 Å². The van der Waals surface area contributed by atoms with Crippen molar-refractivity contribution in [2.24, 2.45) is 5.92 Å². The zero-order valence-electron chi connectivity index (χ0n) is 10.1. The number of carbonyl (C=O) groups excluding carboxylic acids is 1. The zero-order valence-corrected chi connectivity index (χ0v) is 10.1. The fourth-order valence-electron chi connectivity index (χ4n) is 1.85. The summed E-state index contributed by atoms with van der Waals surface area (Å²) < 4.78 is 5.52. The minimum atomic E-state index is -0.161. The van der Waals surface area contributed by atoms with E-state index in [0.29, 0.717) is 5.57 Å². The molecule has 0 radical (unpaired) electrons. The van der Waals surface area contributed by atoms with E-state index in [2.05, 4.69) is 0 Å². The van der Waals surface area contributed by atoms with Crippen molar-refractivity contribution < 1.29 is 9.53 Å². The van der Waals surface area contributed by atoms with E-state index < -0.39 is 0 Å². The summed E-state index contributed by atoms with van der Waals surface area (Å²) >= 11 is 0. The predicted octanol–water partition coefficient (Wildman–Crippen LogP) is 3.21. The van der Waals surface area contributed by atoms with Crippen LogP contribution in [-0.2, 0) is 9.53 Å². The van der Waals surface area contributed by atoms with Gasteiger partial charge in [-0.25, -0.2) is 0 Å². The monoisotopic (exact) mass is 228 g/mol. The average molecular weight is 228 g/mol. The Bertz CT molecular complexity index is 457. The van der Waals surface area contributed by atoms with E-state index in [4.69, 9.17) is 4.74 Å². The third-order valence-electron chi connectivity index (χ3n) is 2.97. The number of rotatable bonds is 2. The molecule has 1 aromatic carbocycles. The van der Waals surface area contributed by atoms with Gasteiger partial charge < -0.3 is 4.74 Å². The second-order valence-electron chi connectivity index (χ2n) is 4.32. The summed E-state index contributed by atoms with van der Waals surface area (Å²) in [6.07, 6.45) is 5.33. The SMILES string of the molecule is CC1=CO[C@@H](/C=C/c2ccccc2)[C@H](C)C1=O. The lowest BCUT2D eigenvalue weighted by Gasteiger charge is -2.24. The van der Waals surface area contributed by atoms with Crippen molar-refractivity contribution in [3.05, 3.63) is 53.8 Å². The van der Waals surface area contributed by atoms with Crippen LogP contribution >= 0.6 is 0 Å². The van der Waals surface area contributed by atoms with Crippen LogP contribution in [0.2, 0.25) is 0 Å². The Hall–Kier alpha value is -1.83. The highest BCUT2D eigenvalue weighted by Gasteiger charge is 2.27. The van der Waals surface area contributed by atoms with Gasteiger partial charge in [0.2, 0.25) is 0 Å². The molecule has 0 aromatic heterocycles. The summed E-state index contributed by atoms with van der Waals surface area (Å²) in [6, 6.07) is 9.99. The molecule has 88 valence electrons. The van der Waals surface area contributed by atoms with Crippen molar-refractivity contribution in [3.63, 3.8) is 0 Å². The van der Waals surface area contributed by atoms with Gasteiger partial charge in [-0.3, -0.25) is 4.79 Å². The van der Waals surface area contributed by atoms with Crippen LogP contribution in [0.15, 0.2) is 48.2 Å². The van der Waals surface area contributed by atoms with E-state index in [1.54, 1.807) is 13.2 Å². The Kier molecular flexibility index (Phi) is 3.43. The number of allylic oxidation sites excluding steroid dienone is 1. The van der Waals surface area contributed by atoms with Crippen LogP contribution < -0.4 is 0 Å². The highest BCUT2D eigenvalue weighted by molar-refractivity contribution is 5.97. The molecule has 2 nitrogen and oxygen atoms in total. The number of ketones is 1. The molecule has 0 fully saturated rings. The molecule has 1 aliphatic heterocycles. The lowest BCUT2D eigenvalue weighted by atomic mass is 9.93. The largest absolute Gasteiger partial charge is 0.493 e. The van der Waals surface area contributed by atoms with Gasteiger partial charge in [0, 0.05) is 5.57 Å². The molecule has 2 heteroatoms. The molecule has 1 heterocycles. The minimum Gasteiger partial charge on any atom is -0.493 e. The molecule has 2 rings (SSSR count). The molecule has 1 aromatic rings. The van der Waals surface area contributed by atoms with Crippen molar-refractivity contribution in [1.82, 2.24) is 0 Å². The average Bonchev–Trinajstić information content (AvgIpc) is 2.36. The number of ether oxygens (including phenoxy) is 1. The van der Waals surface area contributed by atoms with Crippen LogP contribution in [0, 0.1) is 5.92 Å². The van der Waals surface area contributed by atoms with Gasteiger partial charge in [-0.05, 0) is 18.6 Å². The summed E-state index contributed by atoms with van der Waals surface area (Å²) in [5.74, 6) is 0.0546. The standard InChI is InChI=1S/C15H16O2/c1-11-10-17-14(12(2)15(11)16)9-8-13-6-4-3-5-7-13/h3-10,12,14H,1-2H3/b9-8+/t12-,14-/m0/s1. The first-order valence-corrected chi connectivity index (χ1v) is 5.78. The van der Waals surface area contributed by atoms with Gasteiger partial charge in [-0.2, -0.15) is 0 Å². The summed E-state index contributed by atoms with van der Waals surface area (Å²) in [6.45, 7) is 3.69. The predicted molar refractivity (Wildman–Crippen MR) is 68.3 cm³/mol. The normalized spacial score (nSPS) is 24.6. The van der Waals surface area contributed by atoms with Crippen molar-refractivity contribution >= 4 is 11.9 Å². The number of Topliss-reactive ketones (excluding diaryl/α,β-unsaturated/α-hetero) is 1. The van der Waals surface area contributed by atoms with Crippen LogP contribution in [-0.4, -0.2) is 11.9 Å². The maximum atomic E-state index is 11.8. The van der Waals surface area contributed by atoms with E-state index in [1.165, 1.54) is 0 Å². The molecule has 17 heavy (non-hydrogen) atoms. The molecule has 0 unspecified atom stereocenters. The molecule has 0 spiro atoms. The molecule has 0 aliphatic carbocycles. The summed E-state index contributed by atoms with van der Waals surface area (Å²) in [4.78, 5) is 11.8. The summed E-state index contributed by atoms with van der Waals surface area (Å²) in [5.41, 5.74) is 1.81. The van der Waals surface area contributed by atoms with Gasteiger partial charge in [0.15, 0.2) is 5.78 Å². The Morgan fingerprint density at radius 2 is 1.94 bits per heavy atom. The van der Waals surface area contributed by atoms with E-state index in [9.17, 15) is 4.79 Å². The molecule has 1 aliphatic rings. The van der Waals surface area contributed by atoms with Crippen molar-refractivity contribution in [3.8, 4) is 0 Å². The van der Waals surface area contributed by atoms with E-state index in [0.717, 1.165) is 5.56 Å². The first-order chi connectivity index (χ1) is 8.18. The molecule has 0 saturated heterocycles. The maximum Gasteiger partial charge on any atom is 0.168 e. The second kappa shape index (κ2) is 5.00. The Morgan fingerprint density at radius 3 is 2.65 bits per heavy atom. The third kappa shape index (κ3) is 2.64. The van der Waals surface area contributed by atoms with Gasteiger partial charge in [-0.1, -0.05) is 43.3 Å². The fourth-order valence-corrected chi connectivity index (χ4v) is 1.85. The molecule has 2 atom stereocenters. The van der Waals surface area contributed by atoms with Gasteiger partial charge in [-0.15, -0.1) is 0 Å². The zero-order chi connectivity index (χ0) is 12.3. The van der Waals surface area contributed by atoms with Crippen LogP contribution in [0.5, 0.6) is 0 Å². The fraction of sp³-hybridized carbons (Fsp3) is 0.267. The number of hydrogen-bond donors (Lipinski definition) is 0. The first-order valence-electron chi connectivity index (χ1n) is 5.78. The molecule has 0 bridgehead atoms. The molecule has 0 N–H and O–H groups in total. The van der Waals surface area contributed by atoms with Gasteiger partial charge in [0.1, 0.15) is 6.10 Å². The topological polar surface area (TPSA) is 26.3 Å². The van der Waals surface area contributed by atoms with Crippen LogP contribution in [0.4, 0.5) is 0 Å². The van der Waals surface area contributed by atoms with Crippen molar-refractivity contribution in [1.29, 1.82) is 0 Å². The van der Waals surface area contributed by atoms with Crippen LogP contribution in [0.3, 0.4) is 0 Å². The number of carbonyl (C=O) groups is 1. The Labute approximate surface area is 102 Å². The maximum absolute atomic E-state index is 11.8. The van der Waals surface area contributed by atoms with Gasteiger partial charge in [0.25, 0.3) is 0 Å². The lowest BCUT2D eigenvalue weighted by Crippen LogP contribution is -2.30. The smallest absolute Gasteiger partial charge is 0.168 e. The third-order valence-corrected chi connectivity index (χ3v) is 2.97. The summed E-state index contributed by atoms with van der Waals surface area (Å²) in [5, 5.41) is 0. The molecular weight excluding hydrogens is 212 g/mol. The number of benzene rings is 1. The number of hydrogen-bond acceptors (Lipinski definition) is 2. The molecule has 0 saturated carbocycles. The molecule has 0 amide bonds. The first kappa shape index (κ1) is 11.6. The van der Waals surface area contributed by atoms with Crippen LogP contribution in [0.25, 0.3) is 6.08 Å². The van der Waals surface area contributed by atoms with E-state index in [1.807, 2.05) is 49.4 Å². The second-order valence-corrected chi connectivity index (χ2v) is 4.32. The van der Waals surface area contributed by atoms with E-state index in [-0.39, 0.29) is 17.8 Å². The lowest BCUT2D eigenvalue weighted by molar-refractivity contribution is -0.122. The molecular formula is C15H16O2. The highest BCUT2D eigenvalue weighted by Crippen LogP contribution is 2.21. The van der Waals surface area contributed by atoms with Gasteiger partial charge in [0.05, 0.1) is 12.2 Å². The van der Waals surface area contributed by atoms with Gasteiger partial charge >= 0.3 is 0 Å². The van der Waals surface area contributed by atoms with Crippen molar-refractivity contribution in [2.75, 3.05) is 0 Å².